The van der Waals surface area contributed by atoms with E-state index in [0.717, 1.165) is 25.0 Å². The standard InChI is InChI=1S/C27H22F2N4O2/c1-3-19(22-14-30-15-24(29)27(22)34-2)17-4-7-23(28)21(12-17)26-20-6-5-18(13-25(20)31-16-32-26)33-8-10-35-11-9-33/h1,4-7,12-16,19H,8-11H2,2H3. The Morgan fingerprint density at radius 3 is 2.66 bits per heavy atom. The number of rotatable bonds is 5. The van der Waals surface area contributed by atoms with Crippen molar-refractivity contribution in [2.24, 2.45) is 0 Å². The maximum Gasteiger partial charge on any atom is 0.183 e. The molecule has 1 saturated heterocycles. The number of terminal acetylenes is 1. The monoisotopic (exact) mass is 472 g/mol. The van der Waals surface area contributed by atoms with E-state index < -0.39 is 17.6 Å². The van der Waals surface area contributed by atoms with Gasteiger partial charge in [0.25, 0.3) is 0 Å². The van der Waals surface area contributed by atoms with Crippen molar-refractivity contribution >= 4 is 16.6 Å². The first kappa shape index (κ1) is 22.7. The average Bonchev–Trinajstić information content (AvgIpc) is 2.90. The summed E-state index contributed by atoms with van der Waals surface area (Å²) in [5, 5.41) is 0.711. The van der Waals surface area contributed by atoms with Crippen LogP contribution in [0.25, 0.3) is 22.2 Å². The molecule has 1 fully saturated rings. The number of anilines is 1. The van der Waals surface area contributed by atoms with Crippen molar-refractivity contribution in [2.75, 3.05) is 38.3 Å². The molecule has 1 aliphatic heterocycles. The number of pyridine rings is 1. The molecule has 3 heterocycles. The summed E-state index contributed by atoms with van der Waals surface area (Å²) in [5.74, 6) is 0.896. The van der Waals surface area contributed by atoms with Gasteiger partial charge in [-0.05, 0) is 35.9 Å². The Morgan fingerprint density at radius 2 is 1.89 bits per heavy atom. The molecule has 6 nitrogen and oxygen atoms in total. The van der Waals surface area contributed by atoms with Crippen molar-refractivity contribution < 1.29 is 18.3 Å². The maximum atomic E-state index is 15.1. The molecule has 0 spiro atoms. The van der Waals surface area contributed by atoms with Crippen LogP contribution in [0, 0.1) is 24.0 Å². The summed E-state index contributed by atoms with van der Waals surface area (Å²) < 4.78 is 40.0. The maximum absolute atomic E-state index is 15.1. The Kier molecular flexibility index (Phi) is 6.25. The van der Waals surface area contributed by atoms with Gasteiger partial charge in [0.15, 0.2) is 11.6 Å². The van der Waals surface area contributed by atoms with Crippen molar-refractivity contribution in [3.63, 3.8) is 0 Å². The van der Waals surface area contributed by atoms with Crippen molar-refractivity contribution in [3.8, 4) is 29.4 Å². The fraction of sp³-hybridized carbons (Fsp3) is 0.222. The second kappa shape index (κ2) is 9.65. The van der Waals surface area contributed by atoms with Crippen LogP contribution in [-0.4, -0.2) is 48.4 Å². The van der Waals surface area contributed by atoms with Gasteiger partial charge in [0.1, 0.15) is 12.1 Å². The topological polar surface area (TPSA) is 60.4 Å². The van der Waals surface area contributed by atoms with Crippen LogP contribution in [0.2, 0.25) is 0 Å². The molecular formula is C27H22F2N4O2. The van der Waals surface area contributed by atoms with Crippen LogP contribution in [-0.2, 0) is 4.74 Å². The lowest BCUT2D eigenvalue weighted by molar-refractivity contribution is 0.122. The lowest BCUT2D eigenvalue weighted by atomic mass is 9.90. The van der Waals surface area contributed by atoms with Gasteiger partial charge in [-0.25, -0.2) is 18.7 Å². The summed E-state index contributed by atoms with van der Waals surface area (Å²) in [5.41, 5.74) is 3.42. The molecule has 2 aromatic heterocycles. The molecule has 5 rings (SSSR count). The van der Waals surface area contributed by atoms with Crippen LogP contribution in [0.3, 0.4) is 0 Å². The predicted molar refractivity (Wildman–Crippen MR) is 129 cm³/mol. The Labute approximate surface area is 201 Å². The molecule has 0 aliphatic carbocycles. The lowest BCUT2D eigenvalue weighted by Gasteiger charge is -2.29. The van der Waals surface area contributed by atoms with E-state index in [1.54, 1.807) is 12.1 Å². The fourth-order valence-corrected chi connectivity index (χ4v) is 4.41. The van der Waals surface area contributed by atoms with E-state index in [9.17, 15) is 4.39 Å². The molecule has 0 amide bonds. The largest absolute Gasteiger partial charge is 0.493 e. The Morgan fingerprint density at radius 1 is 1.06 bits per heavy atom. The number of halogens is 2. The van der Waals surface area contributed by atoms with E-state index in [2.05, 4.69) is 25.8 Å². The second-order valence-corrected chi connectivity index (χ2v) is 8.11. The van der Waals surface area contributed by atoms with Crippen molar-refractivity contribution in [1.29, 1.82) is 0 Å². The molecule has 1 unspecified atom stereocenters. The van der Waals surface area contributed by atoms with E-state index in [4.69, 9.17) is 15.9 Å². The highest BCUT2D eigenvalue weighted by molar-refractivity contribution is 5.94. The molecule has 0 N–H and O–H groups in total. The summed E-state index contributed by atoms with van der Waals surface area (Å²) in [6.07, 6.45) is 9.77. The summed E-state index contributed by atoms with van der Waals surface area (Å²) in [6.45, 7) is 2.94. The molecule has 35 heavy (non-hydrogen) atoms. The average molecular weight is 472 g/mol. The van der Waals surface area contributed by atoms with Gasteiger partial charge in [0.2, 0.25) is 0 Å². The molecule has 1 aliphatic rings. The van der Waals surface area contributed by atoms with E-state index in [1.807, 2.05) is 18.2 Å². The van der Waals surface area contributed by atoms with Crippen LogP contribution in [0.15, 0.2) is 55.1 Å². The number of fused-ring (bicyclic) bond motifs is 1. The predicted octanol–water partition coefficient (Wildman–Crippen LogP) is 4.58. The van der Waals surface area contributed by atoms with E-state index in [-0.39, 0.29) is 11.3 Å². The summed E-state index contributed by atoms with van der Waals surface area (Å²) >= 11 is 0. The van der Waals surface area contributed by atoms with Crippen LogP contribution < -0.4 is 9.64 Å². The lowest BCUT2D eigenvalue weighted by Crippen LogP contribution is -2.36. The van der Waals surface area contributed by atoms with Gasteiger partial charge in [-0.15, -0.1) is 6.42 Å². The number of benzene rings is 2. The molecule has 176 valence electrons. The minimum atomic E-state index is -0.700. The van der Waals surface area contributed by atoms with E-state index >= 15 is 4.39 Å². The van der Waals surface area contributed by atoms with Crippen molar-refractivity contribution in [2.45, 2.75) is 5.92 Å². The number of hydrogen-bond donors (Lipinski definition) is 0. The minimum Gasteiger partial charge on any atom is -0.493 e. The van der Waals surface area contributed by atoms with Crippen LogP contribution in [0.4, 0.5) is 14.5 Å². The van der Waals surface area contributed by atoms with Crippen molar-refractivity contribution in [1.82, 2.24) is 15.0 Å². The third kappa shape index (κ3) is 4.27. The quantitative estimate of drug-likeness (QED) is 0.397. The van der Waals surface area contributed by atoms with Gasteiger partial charge in [-0.2, -0.15) is 0 Å². The molecule has 2 aromatic carbocycles. The zero-order chi connectivity index (χ0) is 24.4. The zero-order valence-corrected chi connectivity index (χ0v) is 19.0. The highest BCUT2D eigenvalue weighted by Crippen LogP contribution is 2.36. The Hall–Kier alpha value is -4.09. The molecule has 0 saturated carbocycles. The third-order valence-electron chi connectivity index (χ3n) is 6.14. The van der Waals surface area contributed by atoms with Crippen LogP contribution >= 0.6 is 0 Å². The van der Waals surface area contributed by atoms with Gasteiger partial charge in [-0.1, -0.05) is 12.0 Å². The Balaban J connectivity index is 1.59. The normalized spacial score (nSPS) is 14.5. The highest BCUT2D eigenvalue weighted by atomic mass is 19.1. The smallest absolute Gasteiger partial charge is 0.183 e. The number of nitrogens with zero attached hydrogens (tertiary/aromatic N) is 4. The number of hydrogen-bond acceptors (Lipinski definition) is 6. The van der Waals surface area contributed by atoms with E-state index in [1.165, 1.54) is 25.7 Å². The van der Waals surface area contributed by atoms with Gasteiger partial charge in [0.05, 0.1) is 43.6 Å². The van der Waals surface area contributed by atoms with Gasteiger partial charge in [0, 0.05) is 41.5 Å². The summed E-state index contributed by atoms with van der Waals surface area (Å²) in [6, 6.07) is 10.4. The molecule has 4 aromatic rings. The second-order valence-electron chi connectivity index (χ2n) is 8.11. The first-order valence-electron chi connectivity index (χ1n) is 11.1. The van der Waals surface area contributed by atoms with Crippen molar-refractivity contribution in [3.05, 3.63) is 77.9 Å². The number of aromatic nitrogens is 3. The van der Waals surface area contributed by atoms with Gasteiger partial charge < -0.3 is 14.4 Å². The molecule has 0 radical (unpaired) electrons. The molecule has 1 atom stereocenters. The van der Waals surface area contributed by atoms with Gasteiger partial charge in [-0.3, -0.25) is 4.98 Å². The number of methoxy groups -OCH3 is 1. The van der Waals surface area contributed by atoms with Gasteiger partial charge >= 0.3 is 0 Å². The number of ether oxygens (including phenoxy) is 2. The first-order chi connectivity index (χ1) is 17.1. The molecule has 0 bridgehead atoms. The van der Waals surface area contributed by atoms with E-state index in [0.29, 0.717) is 40.9 Å². The molecular weight excluding hydrogens is 450 g/mol. The molecule has 8 heteroatoms. The van der Waals surface area contributed by atoms with Crippen LogP contribution in [0.1, 0.15) is 17.0 Å². The number of morpholine rings is 1. The minimum absolute atomic E-state index is 0.0111. The first-order valence-corrected chi connectivity index (χ1v) is 11.1. The SMILES string of the molecule is C#CC(c1ccc(F)c(-c2ncnc3cc(N4CCOCC4)ccc23)c1)c1cncc(F)c1OC. The fourth-order valence-electron chi connectivity index (χ4n) is 4.41. The van der Waals surface area contributed by atoms with Crippen LogP contribution in [0.5, 0.6) is 5.75 Å². The summed E-state index contributed by atoms with van der Waals surface area (Å²) in [4.78, 5) is 15.0. The Bertz CT molecular complexity index is 1430. The highest BCUT2D eigenvalue weighted by Gasteiger charge is 2.22. The summed E-state index contributed by atoms with van der Waals surface area (Å²) in [7, 11) is 1.36. The third-order valence-corrected chi connectivity index (χ3v) is 6.14. The zero-order valence-electron chi connectivity index (χ0n) is 19.0.